The van der Waals surface area contributed by atoms with Crippen molar-refractivity contribution in [1.29, 1.82) is 0 Å². The highest BCUT2D eigenvalue weighted by Crippen LogP contribution is 2.18. The van der Waals surface area contributed by atoms with Gasteiger partial charge in [-0.3, -0.25) is 9.20 Å². The predicted octanol–water partition coefficient (Wildman–Crippen LogP) is 2.90. The summed E-state index contributed by atoms with van der Waals surface area (Å²) in [6.07, 6.45) is 3.41. The van der Waals surface area contributed by atoms with E-state index in [0.29, 0.717) is 12.2 Å². The summed E-state index contributed by atoms with van der Waals surface area (Å²) in [6.45, 7) is 0.571. The van der Waals surface area contributed by atoms with E-state index in [1.54, 1.807) is 18.5 Å². The minimum absolute atomic E-state index is 0.0105. The van der Waals surface area contributed by atoms with Crippen molar-refractivity contribution >= 4 is 21.6 Å². The van der Waals surface area contributed by atoms with E-state index in [-0.39, 0.29) is 11.6 Å². The molecule has 5 nitrogen and oxygen atoms in total. The Morgan fingerprint density at radius 2 is 1.96 bits per heavy atom. The first-order chi connectivity index (χ1) is 12.7. The second kappa shape index (κ2) is 7.27. The zero-order chi connectivity index (χ0) is 17.9. The summed E-state index contributed by atoms with van der Waals surface area (Å²) < 4.78 is 8.00. The van der Waals surface area contributed by atoms with Gasteiger partial charge in [0.1, 0.15) is 17.9 Å². The molecule has 2 N–H and O–H groups in total. The third-order valence-electron chi connectivity index (χ3n) is 4.25. The first-order valence-corrected chi connectivity index (χ1v) is 9.09. The van der Waals surface area contributed by atoms with E-state index >= 15 is 0 Å². The molecule has 6 heteroatoms. The van der Waals surface area contributed by atoms with Crippen molar-refractivity contribution < 1.29 is 9.73 Å². The Balaban J connectivity index is 1.63. The van der Waals surface area contributed by atoms with Crippen LogP contribution in [0, 0.1) is 0 Å². The van der Waals surface area contributed by atoms with Crippen LogP contribution in [0.25, 0.3) is 5.65 Å². The molecule has 4 aromatic rings. The van der Waals surface area contributed by atoms with Gasteiger partial charge in [-0.25, -0.2) is 4.98 Å². The summed E-state index contributed by atoms with van der Waals surface area (Å²) in [5.41, 5.74) is 2.43. The zero-order valence-corrected chi connectivity index (χ0v) is 15.5. The number of aromatic nitrogens is 2. The van der Waals surface area contributed by atoms with E-state index in [2.05, 4.69) is 38.4 Å². The van der Waals surface area contributed by atoms with Crippen molar-refractivity contribution in [3.05, 3.63) is 105 Å². The fourth-order valence-corrected chi connectivity index (χ4v) is 3.35. The zero-order valence-electron chi connectivity index (χ0n) is 13.9. The van der Waals surface area contributed by atoms with Gasteiger partial charge >= 0.3 is 0 Å². The van der Waals surface area contributed by atoms with Crippen molar-refractivity contribution in [3.63, 3.8) is 0 Å². The molecule has 26 heavy (non-hydrogen) atoms. The number of quaternary nitrogens is 1. The SMILES string of the molecule is O=c1cc(C[NH2+][C@@H](c2ccccc2)c2ccco2)nc2ccc(Br)cn12. The predicted molar refractivity (Wildman–Crippen MR) is 102 cm³/mol. The van der Waals surface area contributed by atoms with Crippen molar-refractivity contribution in [2.75, 3.05) is 0 Å². The van der Waals surface area contributed by atoms with Crippen molar-refractivity contribution in [1.82, 2.24) is 9.38 Å². The second-order valence-corrected chi connectivity index (χ2v) is 6.92. The largest absolute Gasteiger partial charge is 0.463 e. The molecule has 0 saturated heterocycles. The van der Waals surface area contributed by atoms with Gasteiger partial charge in [0.05, 0.1) is 6.26 Å². The summed E-state index contributed by atoms with van der Waals surface area (Å²) >= 11 is 3.38. The Labute approximate surface area is 158 Å². The number of hydrogen-bond acceptors (Lipinski definition) is 3. The van der Waals surface area contributed by atoms with Gasteiger partial charge < -0.3 is 9.73 Å². The molecule has 0 bridgehead atoms. The molecule has 0 aliphatic heterocycles. The molecule has 3 aromatic heterocycles. The number of nitrogens with zero attached hydrogens (tertiary/aromatic N) is 2. The van der Waals surface area contributed by atoms with E-state index in [1.807, 2.05) is 42.5 Å². The minimum atomic E-state index is -0.0889. The van der Waals surface area contributed by atoms with Crippen LogP contribution in [0.4, 0.5) is 0 Å². The van der Waals surface area contributed by atoms with Crippen LogP contribution in [0.15, 0.2) is 86.8 Å². The molecule has 0 aliphatic carbocycles. The van der Waals surface area contributed by atoms with E-state index in [1.165, 1.54) is 4.40 Å². The minimum Gasteiger partial charge on any atom is -0.463 e. The molecule has 0 aliphatic rings. The molecule has 1 aromatic carbocycles. The Hall–Kier alpha value is -2.70. The monoisotopic (exact) mass is 410 g/mol. The first kappa shape index (κ1) is 16.8. The maximum Gasteiger partial charge on any atom is 0.258 e. The Bertz CT molecular complexity index is 1080. The normalized spacial score (nSPS) is 12.3. The number of furan rings is 1. The molecular formula is C20H17BrN3O2+. The van der Waals surface area contributed by atoms with Crippen molar-refractivity contribution in [2.24, 2.45) is 0 Å². The van der Waals surface area contributed by atoms with Gasteiger partial charge in [0.15, 0.2) is 11.8 Å². The lowest BCUT2D eigenvalue weighted by Gasteiger charge is -2.14. The number of pyridine rings is 1. The summed E-state index contributed by atoms with van der Waals surface area (Å²) in [6, 6.07) is 19.3. The van der Waals surface area contributed by atoms with Gasteiger partial charge in [-0.2, -0.15) is 0 Å². The first-order valence-electron chi connectivity index (χ1n) is 8.30. The van der Waals surface area contributed by atoms with Crippen LogP contribution < -0.4 is 10.9 Å². The van der Waals surface area contributed by atoms with Crippen LogP contribution in [0.5, 0.6) is 0 Å². The average Bonchev–Trinajstić information content (AvgIpc) is 3.18. The number of nitrogens with two attached hydrogens (primary N) is 1. The molecule has 1 atom stereocenters. The van der Waals surface area contributed by atoms with Crippen LogP contribution in [-0.2, 0) is 6.54 Å². The van der Waals surface area contributed by atoms with Crippen molar-refractivity contribution in [3.8, 4) is 0 Å². The summed E-state index contributed by atoms with van der Waals surface area (Å²) in [7, 11) is 0. The lowest BCUT2D eigenvalue weighted by atomic mass is 10.0. The van der Waals surface area contributed by atoms with Gasteiger partial charge in [-0.15, -0.1) is 0 Å². The third-order valence-corrected chi connectivity index (χ3v) is 4.72. The molecule has 3 heterocycles. The van der Waals surface area contributed by atoms with Crippen molar-refractivity contribution in [2.45, 2.75) is 12.6 Å². The fraction of sp³-hybridized carbons (Fsp3) is 0.100. The molecule has 0 spiro atoms. The van der Waals surface area contributed by atoms with Gasteiger partial charge in [0.25, 0.3) is 5.56 Å². The van der Waals surface area contributed by atoms with Crippen LogP contribution in [0.3, 0.4) is 0 Å². The molecule has 0 fully saturated rings. The fourth-order valence-electron chi connectivity index (χ4n) is 3.01. The highest BCUT2D eigenvalue weighted by Gasteiger charge is 2.20. The lowest BCUT2D eigenvalue weighted by molar-refractivity contribution is -0.704. The Kier molecular flexibility index (Phi) is 4.69. The average molecular weight is 411 g/mol. The number of fused-ring (bicyclic) bond motifs is 1. The number of hydrogen-bond donors (Lipinski definition) is 1. The Morgan fingerprint density at radius 1 is 1.12 bits per heavy atom. The molecule has 0 radical (unpaired) electrons. The van der Waals surface area contributed by atoms with E-state index in [9.17, 15) is 4.79 Å². The van der Waals surface area contributed by atoms with E-state index in [0.717, 1.165) is 21.5 Å². The maximum absolute atomic E-state index is 12.4. The molecule has 4 rings (SSSR count). The quantitative estimate of drug-likeness (QED) is 0.550. The summed E-state index contributed by atoms with van der Waals surface area (Å²) in [5.74, 6) is 0.873. The second-order valence-electron chi connectivity index (χ2n) is 6.00. The number of benzene rings is 1. The molecule has 0 unspecified atom stereocenters. The summed E-state index contributed by atoms with van der Waals surface area (Å²) in [4.78, 5) is 17.0. The van der Waals surface area contributed by atoms with Crippen LogP contribution >= 0.6 is 15.9 Å². The summed E-state index contributed by atoms with van der Waals surface area (Å²) in [5, 5.41) is 2.13. The molecule has 130 valence electrons. The van der Waals surface area contributed by atoms with Gasteiger partial charge in [-0.05, 0) is 40.2 Å². The van der Waals surface area contributed by atoms with Crippen LogP contribution in [-0.4, -0.2) is 9.38 Å². The van der Waals surface area contributed by atoms with Gasteiger partial charge in [0, 0.05) is 22.3 Å². The number of halogens is 1. The molecule has 0 amide bonds. The smallest absolute Gasteiger partial charge is 0.258 e. The highest BCUT2D eigenvalue weighted by atomic mass is 79.9. The van der Waals surface area contributed by atoms with Gasteiger partial charge in [0.2, 0.25) is 0 Å². The Morgan fingerprint density at radius 3 is 2.73 bits per heavy atom. The maximum atomic E-state index is 12.4. The molecule has 0 saturated carbocycles. The van der Waals surface area contributed by atoms with Gasteiger partial charge in [-0.1, -0.05) is 30.3 Å². The van der Waals surface area contributed by atoms with E-state index in [4.69, 9.17) is 4.42 Å². The van der Waals surface area contributed by atoms with Crippen LogP contribution in [0.1, 0.15) is 23.1 Å². The van der Waals surface area contributed by atoms with Crippen LogP contribution in [0.2, 0.25) is 0 Å². The highest BCUT2D eigenvalue weighted by molar-refractivity contribution is 9.10. The standard InChI is InChI=1S/C20H16BrN3O2/c21-15-8-9-18-23-16(11-19(25)24(18)13-15)12-22-20(17-7-4-10-26-17)14-5-2-1-3-6-14/h1-11,13,20,22H,12H2/p+1/t20-/m0/s1. The van der Waals surface area contributed by atoms with E-state index < -0.39 is 0 Å². The third kappa shape index (κ3) is 3.47. The number of rotatable bonds is 5. The topological polar surface area (TPSA) is 64.1 Å². The lowest BCUT2D eigenvalue weighted by Crippen LogP contribution is -2.84. The molecular weight excluding hydrogens is 394 g/mol.